The Morgan fingerprint density at radius 3 is 2.41 bits per heavy atom. The molecule has 0 radical (unpaired) electrons. The predicted molar refractivity (Wildman–Crippen MR) is 84.8 cm³/mol. The minimum Gasteiger partial charge on any atom is -0.495 e. The van der Waals surface area contributed by atoms with Crippen LogP contribution in [0.15, 0.2) is 42.5 Å². The van der Waals surface area contributed by atoms with Crippen LogP contribution in [-0.4, -0.2) is 20.3 Å². The molecule has 2 aromatic carbocycles. The number of halogens is 1. The summed E-state index contributed by atoms with van der Waals surface area (Å²) in [5.74, 6) is 0.850. The molecule has 0 fully saturated rings. The fourth-order valence-corrected chi connectivity index (χ4v) is 2.06. The van der Waals surface area contributed by atoms with Crippen molar-refractivity contribution in [2.45, 2.75) is 6.61 Å². The van der Waals surface area contributed by atoms with E-state index in [0.29, 0.717) is 22.2 Å². The molecule has 1 N–H and O–H groups in total. The molecule has 116 valence electrons. The Morgan fingerprint density at radius 2 is 1.77 bits per heavy atom. The largest absolute Gasteiger partial charge is 0.495 e. The van der Waals surface area contributed by atoms with Gasteiger partial charge in [0.15, 0.2) is 0 Å². The van der Waals surface area contributed by atoms with Crippen molar-refractivity contribution >= 4 is 23.4 Å². The molecule has 22 heavy (non-hydrogen) atoms. The molecule has 0 atom stereocenters. The highest BCUT2D eigenvalue weighted by Gasteiger charge is 2.13. The summed E-state index contributed by atoms with van der Waals surface area (Å²) in [4.78, 5) is 11.9. The first-order valence-electron chi connectivity index (χ1n) is 6.53. The highest BCUT2D eigenvalue weighted by molar-refractivity contribution is 6.32. The molecule has 0 aliphatic heterocycles. The Morgan fingerprint density at radius 1 is 1.09 bits per heavy atom. The van der Waals surface area contributed by atoms with Gasteiger partial charge in [0.25, 0.3) is 0 Å². The summed E-state index contributed by atoms with van der Waals surface area (Å²) in [6.07, 6.45) is -0.591. The molecule has 0 aliphatic rings. The van der Waals surface area contributed by atoms with Crippen LogP contribution in [0.5, 0.6) is 11.5 Å². The quantitative estimate of drug-likeness (QED) is 0.900. The van der Waals surface area contributed by atoms with Gasteiger partial charge in [-0.1, -0.05) is 41.9 Å². The number of carbonyl (C=O) groups excluding carboxylic acids is 1. The molecular weight excluding hydrogens is 306 g/mol. The molecule has 0 spiro atoms. The molecule has 0 heterocycles. The van der Waals surface area contributed by atoms with E-state index >= 15 is 0 Å². The van der Waals surface area contributed by atoms with Gasteiger partial charge in [-0.05, 0) is 5.56 Å². The lowest BCUT2D eigenvalue weighted by Crippen LogP contribution is -2.14. The average molecular weight is 322 g/mol. The van der Waals surface area contributed by atoms with Crippen LogP contribution < -0.4 is 14.8 Å². The topological polar surface area (TPSA) is 56.8 Å². The zero-order valence-corrected chi connectivity index (χ0v) is 13.0. The number of amides is 1. The SMILES string of the molecule is COc1cc(NC(=O)OCc2ccccc2)c(OC)cc1Cl. The number of rotatable bonds is 5. The van der Waals surface area contributed by atoms with Crippen molar-refractivity contribution < 1.29 is 19.0 Å². The van der Waals surface area contributed by atoms with Crippen molar-refractivity contribution in [2.75, 3.05) is 19.5 Å². The fourth-order valence-electron chi connectivity index (χ4n) is 1.83. The van der Waals surface area contributed by atoms with Crippen molar-refractivity contribution in [3.8, 4) is 11.5 Å². The van der Waals surface area contributed by atoms with E-state index in [0.717, 1.165) is 5.56 Å². The van der Waals surface area contributed by atoms with Gasteiger partial charge >= 0.3 is 6.09 Å². The van der Waals surface area contributed by atoms with E-state index in [4.69, 9.17) is 25.8 Å². The van der Waals surface area contributed by atoms with E-state index in [9.17, 15) is 4.79 Å². The Labute approximate surface area is 133 Å². The number of carbonyl (C=O) groups is 1. The van der Waals surface area contributed by atoms with E-state index in [1.54, 1.807) is 12.1 Å². The summed E-state index contributed by atoms with van der Waals surface area (Å²) in [7, 11) is 2.98. The zero-order valence-electron chi connectivity index (χ0n) is 12.3. The molecule has 0 saturated heterocycles. The molecule has 2 aromatic rings. The normalized spacial score (nSPS) is 9.95. The number of ether oxygens (including phenoxy) is 3. The van der Waals surface area contributed by atoms with Gasteiger partial charge in [-0.25, -0.2) is 4.79 Å². The molecule has 0 unspecified atom stereocenters. The van der Waals surface area contributed by atoms with Crippen LogP contribution >= 0.6 is 11.6 Å². The second kappa shape index (κ2) is 7.56. The smallest absolute Gasteiger partial charge is 0.412 e. The van der Waals surface area contributed by atoms with Gasteiger partial charge in [0, 0.05) is 12.1 Å². The molecular formula is C16H16ClNO4. The molecule has 0 aliphatic carbocycles. The first-order valence-corrected chi connectivity index (χ1v) is 6.91. The Kier molecular flexibility index (Phi) is 5.49. The summed E-state index contributed by atoms with van der Waals surface area (Å²) in [5, 5.41) is 3.00. The lowest BCUT2D eigenvalue weighted by molar-refractivity contribution is 0.155. The van der Waals surface area contributed by atoms with Crippen LogP contribution in [0.2, 0.25) is 5.02 Å². The van der Waals surface area contributed by atoms with Crippen LogP contribution in [0.25, 0.3) is 0 Å². The van der Waals surface area contributed by atoms with Crippen molar-refractivity contribution in [3.63, 3.8) is 0 Å². The Bertz CT molecular complexity index is 646. The Balaban J connectivity index is 2.04. The summed E-state index contributed by atoms with van der Waals surface area (Å²) >= 11 is 6.01. The molecule has 5 nitrogen and oxygen atoms in total. The van der Waals surface area contributed by atoms with Crippen molar-refractivity contribution in [1.29, 1.82) is 0 Å². The van der Waals surface area contributed by atoms with Gasteiger partial charge in [0.1, 0.15) is 18.1 Å². The first-order chi connectivity index (χ1) is 10.6. The summed E-state index contributed by atoms with van der Waals surface area (Å²) in [5.41, 5.74) is 1.32. The van der Waals surface area contributed by atoms with Gasteiger partial charge < -0.3 is 14.2 Å². The van der Waals surface area contributed by atoms with Crippen LogP contribution in [-0.2, 0) is 11.3 Å². The minimum atomic E-state index is -0.591. The van der Waals surface area contributed by atoms with E-state index in [1.807, 2.05) is 30.3 Å². The fraction of sp³-hybridized carbons (Fsp3) is 0.188. The van der Waals surface area contributed by atoms with Crippen molar-refractivity contribution in [3.05, 3.63) is 53.1 Å². The lowest BCUT2D eigenvalue weighted by atomic mass is 10.2. The maximum Gasteiger partial charge on any atom is 0.412 e. The lowest BCUT2D eigenvalue weighted by Gasteiger charge is -2.13. The monoisotopic (exact) mass is 321 g/mol. The third kappa shape index (κ3) is 4.05. The minimum absolute atomic E-state index is 0.180. The van der Waals surface area contributed by atoms with Crippen molar-refractivity contribution in [1.82, 2.24) is 0 Å². The number of anilines is 1. The van der Waals surface area contributed by atoms with E-state index in [-0.39, 0.29) is 6.61 Å². The number of methoxy groups -OCH3 is 2. The van der Waals surface area contributed by atoms with Gasteiger partial charge in [-0.2, -0.15) is 0 Å². The molecule has 0 bridgehead atoms. The number of nitrogens with one attached hydrogen (secondary N) is 1. The zero-order chi connectivity index (χ0) is 15.9. The molecule has 1 amide bonds. The molecule has 6 heteroatoms. The van der Waals surface area contributed by atoms with Gasteiger partial charge in [-0.15, -0.1) is 0 Å². The Hall–Kier alpha value is -2.40. The third-order valence-electron chi connectivity index (χ3n) is 2.92. The van der Waals surface area contributed by atoms with Crippen LogP contribution in [0.1, 0.15) is 5.56 Å². The molecule has 2 rings (SSSR count). The van der Waals surface area contributed by atoms with Crippen molar-refractivity contribution in [2.24, 2.45) is 0 Å². The second-order valence-electron chi connectivity index (χ2n) is 4.37. The third-order valence-corrected chi connectivity index (χ3v) is 3.22. The summed E-state index contributed by atoms with van der Waals surface area (Å²) < 4.78 is 15.5. The summed E-state index contributed by atoms with van der Waals surface area (Å²) in [6, 6.07) is 12.5. The number of hydrogen-bond donors (Lipinski definition) is 1. The second-order valence-corrected chi connectivity index (χ2v) is 4.78. The molecule has 0 saturated carbocycles. The standard InChI is InChI=1S/C16H16ClNO4/c1-20-14-9-13(15(21-2)8-12(14)17)18-16(19)22-10-11-6-4-3-5-7-11/h3-9H,10H2,1-2H3,(H,18,19). The van der Waals surface area contributed by atoms with Crippen LogP contribution in [0.3, 0.4) is 0 Å². The van der Waals surface area contributed by atoms with Gasteiger partial charge in [0.05, 0.1) is 24.9 Å². The summed E-state index contributed by atoms with van der Waals surface area (Å²) in [6.45, 7) is 0.180. The predicted octanol–water partition coefficient (Wildman–Crippen LogP) is 4.11. The molecule has 0 aromatic heterocycles. The van der Waals surface area contributed by atoms with E-state index in [2.05, 4.69) is 5.32 Å². The highest BCUT2D eigenvalue weighted by atomic mass is 35.5. The van der Waals surface area contributed by atoms with E-state index in [1.165, 1.54) is 14.2 Å². The number of hydrogen-bond acceptors (Lipinski definition) is 4. The maximum atomic E-state index is 11.9. The number of benzene rings is 2. The van der Waals surface area contributed by atoms with Gasteiger partial charge in [-0.3, -0.25) is 5.32 Å². The van der Waals surface area contributed by atoms with Gasteiger partial charge in [0.2, 0.25) is 0 Å². The maximum absolute atomic E-state index is 11.9. The van der Waals surface area contributed by atoms with Crippen LogP contribution in [0.4, 0.5) is 10.5 Å². The van der Waals surface area contributed by atoms with Crippen LogP contribution in [0, 0.1) is 0 Å². The first kappa shape index (κ1) is 16.0. The van der Waals surface area contributed by atoms with E-state index < -0.39 is 6.09 Å². The average Bonchev–Trinajstić information content (AvgIpc) is 2.55. The highest BCUT2D eigenvalue weighted by Crippen LogP contribution is 2.35.